The van der Waals surface area contributed by atoms with Gasteiger partial charge in [-0.1, -0.05) is 5.16 Å². The largest absolute Gasteiger partial charge is 0.358 e. The number of nitrogens with zero attached hydrogens (tertiary/aromatic N) is 3. The summed E-state index contributed by atoms with van der Waals surface area (Å²) < 4.78 is 16.9. The van der Waals surface area contributed by atoms with Crippen LogP contribution in [0.4, 0.5) is 4.39 Å². The topological polar surface area (TPSA) is 51.8 Å². The highest BCUT2D eigenvalue weighted by Gasteiger charge is 2.07. The zero-order valence-corrected chi connectivity index (χ0v) is 7.57. The summed E-state index contributed by atoms with van der Waals surface area (Å²) in [6.45, 7) is 1.18. The fraction of sp³-hybridized carbons (Fsp3) is 0.222. The minimum absolute atomic E-state index is 0.197. The van der Waals surface area contributed by atoms with Gasteiger partial charge < -0.3 is 4.52 Å². The van der Waals surface area contributed by atoms with Gasteiger partial charge in [0.2, 0.25) is 0 Å². The van der Waals surface area contributed by atoms with Crippen LogP contribution < -0.4 is 0 Å². The molecule has 2 rings (SSSR count). The monoisotopic (exact) mass is 193 g/mol. The molecule has 0 atom stereocenters. The van der Waals surface area contributed by atoms with Crippen molar-refractivity contribution in [2.75, 3.05) is 0 Å². The molecule has 0 fully saturated rings. The summed E-state index contributed by atoms with van der Waals surface area (Å²) in [4.78, 5) is 0. The summed E-state index contributed by atoms with van der Waals surface area (Å²) in [5.41, 5.74) is 1.91. The summed E-state index contributed by atoms with van der Waals surface area (Å²) in [7, 11) is 0. The first-order chi connectivity index (χ1) is 6.79. The van der Waals surface area contributed by atoms with Gasteiger partial charge in [-0.05, 0) is 19.1 Å². The van der Waals surface area contributed by atoms with Crippen LogP contribution in [-0.4, -0.2) is 15.4 Å². The lowest BCUT2D eigenvalue weighted by atomic mass is 10.2. The van der Waals surface area contributed by atoms with Crippen LogP contribution >= 0.6 is 0 Å². The van der Waals surface area contributed by atoms with Gasteiger partial charge in [-0.3, -0.25) is 0 Å². The van der Waals surface area contributed by atoms with Crippen LogP contribution in [0.3, 0.4) is 0 Å². The molecule has 72 valence electrons. The van der Waals surface area contributed by atoms with E-state index in [2.05, 4.69) is 15.4 Å². The van der Waals surface area contributed by atoms with Crippen molar-refractivity contribution in [2.45, 2.75) is 13.6 Å². The molecule has 5 heteroatoms. The molecule has 0 saturated heterocycles. The van der Waals surface area contributed by atoms with Crippen molar-refractivity contribution in [3.05, 3.63) is 29.7 Å². The second kappa shape index (κ2) is 3.53. The lowest BCUT2D eigenvalue weighted by Gasteiger charge is -1.92. The molecule has 2 heterocycles. The third-order valence-corrected chi connectivity index (χ3v) is 1.75. The van der Waals surface area contributed by atoms with Crippen LogP contribution in [0.5, 0.6) is 0 Å². The minimum Gasteiger partial charge on any atom is -0.358 e. The molecule has 0 aliphatic heterocycles. The van der Waals surface area contributed by atoms with E-state index in [9.17, 15) is 4.39 Å². The van der Waals surface area contributed by atoms with Crippen molar-refractivity contribution in [3.8, 4) is 11.4 Å². The van der Waals surface area contributed by atoms with Crippen molar-refractivity contribution < 1.29 is 8.91 Å². The van der Waals surface area contributed by atoms with Crippen molar-refractivity contribution in [2.24, 2.45) is 0 Å². The normalized spacial score (nSPS) is 10.4. The molecule has 0 aliphatic carbocycles. The third-order valence-electron chi connectivity index (χ3n) is 1.75. The quantitative estimate of drug-likeness (QED) is 0.731. The van der Waals surface area contributed by atoms with Gasteiger partial charge in [0.05, 0.1) is 5.69 Å². The fourth-order valence-electron chi connectivity index (χ4n) is 1.03. The van der Waals surface area contributed by atoms with Crippen LogP contribution in [0.15, 0.2) is 22.7 Å². The lowest BCUT2D eigenvalue weighted by Crippen LogP contribution is -1.88. The molecule has 0 saturated carbocycles. The third kappa shape index (κ3) is 1.61. The molecule has 0 N–H and O–H groups in total. The molecule has 0 aromatic carbocycles. The van der Waals surface area contributed by atoms with Crippen molar-refractivity contribution >= 4 is 0 Å². The van der Waals surface area contributed by atoms with Crippen LogP contribution in [0.1, 0.15) is 11.5 Å². The molecule has 0 spiro atoms. The number of hydrogen-bond donors (Lipinski definition) is 0. The Balaban J connectivity index is 2.34. The molecule has 2 aromatic heterocycles. The van der Waals surface area contributed by atoms with E-state index in [1.807, 2.05) is 13.0 Å². The Labute approximate surface area is 79.8 Å². The van der Waals surface area contributed by atoms with Gasteiger partial charge >= 0.3 is 0 Å². The first-order valence-corrected chi connectivity index (χ1v) is 4.12. The lowest BCUT2D eigenvalue weighted by molar-refractivity contribution is 0.331. The Morgan fingerprint density at radius 1 is 1.29 bits per heavy atom. The van der Waals surface area contributed by atoms with Crippen molar-refractivity contribution in [3.63, 3.8) is 0 Å². The molecule has 0 amide bonds. The molecule has 0 bridgehead atoms. The fourth-order valence-corrected chi connectivity index (χ4v) is 1.03. The maximum absolute atomic E-state index is 12.1. The molecule has 14 heavy (non-hydrogen) atoms. The Bertz CT molecular complexity index is 424. The van der Waals surface area contributed by atoms with Crippen LogP contribution in [0.25, 0.3) is 11.4 Å². The SMILES string of the molecule is Cc1ccc(-c2cc(CF)on2)nn1. The van der Waals surface area contributed by atoms with E-state index in [0.717, 1.165) is 5.69 Å². The average molecular weight is 193 g/mol. The second-order valence-corrected chi connectivity index (χ2v) is 2.87. The van der Waals surface area contributed by atoms with Crippen LogP contribution in [0, 0.1) is 6.92 Å². The molecule has 2 aromatic rings. The highest BCUT2D eigenvalue weighted by molar-refractivity contribution is 5.52. The molecule has 4 nitrogen and oxygen atoms in total. The van der Waals surface area contributed by atoms with Crippen molar-refractivity contribution in [1.29, 1.82) is 0 Å². The van der Waals surface area contributed by atoms with E-state index in [1.54, 1.807) is 6.07 Å². The maximum atomic E-state index is 12.1. The van der Waals surface area contributed by atoms with Crippen LogP contribution in [-0.2, 0) is 6.67 Å². The van der Waals surface area contributed by atoms with Gasteiger partial charge in [0.1, 0.15) is 18.1 Å². The molecule has 0 radical (unpaired) electrons. The van der Waals surface area contributed by atoms with E-state index >= 15 is 0 Å². The summed E-state index contributed by atoms with van der Waals surface area (Å²) in [6.07, 6.45) is 0. The van der Waals surface area contributed by atoms with E-state index in [1.165, 1.54) is 6.07 Å². The first kappa shape index (κ1) is 8.80. The predicted molar refractivity (Wildman–Crippen MR) is 47.1 cm³/mol. The zero-order chi connectivity index (χ0) is 9.97. The van der Waals surface area contributed by atoms with Gasteiger partial charge in [-0.2, -0.15) is 5.10 Å². The summed E-state index contributed by atoms with van der Waals surface area (Å²) >= 11 is 0. The van der Waals surface area contributed by atoms with E-state index in [0.29, 0.717) is 11.4 Å². The van der Waals surface area contributed by atoms with Gasteiger partial charge in [0.25, 0.3) is 0 Å². The Kier molecular flexibility index (Phi) is 2.22. The van der Waals surface area contributed by atoms with Crippen LogP contribution in [0.2, 0.25) is 0 Å². The summed E-state index contributed by atoms with van der Waals surface area (Å²) in [5.74, 6) is 0.197. The molecule has 0 aliphatic rings. The van der Waals surface area contributed by atoms with Gasteiger partial charge in [0, 0.05) is 6.07 Å². The maximum Gasteiger partial charge on any atom is 0.168 e. The minimum atomic E-state index is -0.660. The first-order valence-electron chi connectivity index (χ1n) is 4.12. The van der Waals surface area contributed by atoms with Gasteiger partial charge in [-0.25, -0.2) is 4.39 Å². The average Bonchev–Trinajstić information content (AvgIpc) is 2.67. The van der Waals surface area contributed by atoms with Gasteiger partial charge in [-0.15, -0.1) is 5.10 Å². The summed E-state index contributed by atoms with van der Waals surface area (Å²) in [5, 5.41) is 11.4. The highest BCUT2D eigenvalue weighted by Crippen LogP contribution is 2.16. The van der Waals surface area contributed by atoms with E-state index in [4.69, 9.17) is 4.52 Å². The van der Waals surface area contributed by atoms with Gasteiger partial charge in [0.15, 0.2) is 5.76 Å². The number of aryl methyl sites for hydroxylation is 1. The van der Waals surface area contributed by atoms with E-state index in [-0.39, 0.29) is 5.76 Å². The highest BCUT2D eigenvalue weighted by atomic mass is 19.1. The zero-order valence-electron chi connectivity index (χ0n) is 7.57. The Morgan fingerprint density at radius 2 is 2.14 bits per heavy atom. The number of rotatable bonds is 2. The standard InChI is InChI=1S/C9H8FN3O/c1-6-2-3-8(12-11-6)9-4-7(5-10)14-13-9/h2-4H,5H2,1H3. The predicted octanol–water partition coefficient (Wildman–Crippen LogP) is 1.91. The smallest absolute Gasteiger partial charge is 0.168 e. The number of halogens is 1. The Morgan fingerprint density at radius 3 is 2.71 bits per heavy atom. The number of alkyl halides is 1. The molecular weight excluding hydrogens is 185 g/mol. The molecular formula is C9H8FN3O. The second-order valence-electron chi connectivity index (χ2n) is 2.87. The number of aromatic nitrogens is 3. The number of hydrogen-bond acceptors (Lipinski definition) is 4. The summed E-state index contributed by atoms with van der Waals surface area (Å²) in [6, 6.07) is 5.09. The Hall–Kier alpha value is -1.78. The van der Waals surface area contributed by atoms with Crippen molar-refractivity contribution in [1.82, 2.24) is 15.4 Å². The van der Waals surface area contributed by atoms with E-state index < -0.39 is 6.67 Å². The molecule has 0 unspecified atom stereocenters.